The molecular formula is C11H9BrN2O2S. The summed E-state index contributed by atoms with van der Waals surface area (Å²) < 4.78 is 0.463. The molecule has 4 nitrogen and oxygen atoms in total. The van der Waals surface area contributed by atoms with Crippen molar-refractivity contribution in [3.05, 3.63) is 60.7 Å². The van der Waals surface area contributed by atoms with Crippen molar-refractivity contribution >= 4 is 33.0 Å². The topological polar surface area (TPSA) is 69.2 Å². The number of hydrogen-bond acceptors (Lipinski definition) is 4. The van der Waals surface area contributed by atoms with E-state index in [1.54, 1.807) is 12.1 Å². The first-order valence-electron chi connectivity index (χ1n) is 4.82. The molecule has 1 heterocycles. The van der Waals surface area contributed by atoms with Gasteiger partial charge in [-0.15, -0.1) is 11.3 Å². The van der Waals surface area contributed by atoms with Crippen LogP contribution in [0.3, 0.4) is 0 Å². The van der Waals surface area contributed by atoms with Gasteiger partial charge >= 0.3 is 0 Å². The number of benzene rings is 1. The lowest BCUT2D eigenvalue weighted by Gasteiger charge is -2.10. The molecule has 2 aromatic rings. The highest BCUT2D eigenvalue weighted by Crippen LogP contribution is 2.30. The molecule has 2 rings (SSSR count). The van der Waals surface area contributed by atoms with Crippen molar-refractivity contribution in [3.63, 3.8) is 0 Å². The summed E-state index contributed by atoms with van der Waals surface area (Å²) in [5.41, 5.74) is 6.83. The Hall–Kier alpha value is -1.24. The van der Waals surface area contributed by atoms with E-state index in [0.717, 1.165) is 10.4 Å². The van der Waals surface area contributed by atoms with E-state index in [0.29, 0.717) is 4.47 Å². The van der Waals surface area contributed by atoms with Crippen LogP contribution in [0.5, 0.6) is 0 Å². The number of rotatable bonds is 3. The Morgan fingerprint density at radius 3 is 2.76 bits per heavy atom. The Morgan fingerprint density at radius 1 is 1.41 bits per heavy atom. The summed E-state index contributed by atoms with van der Waals surface area (Å²) in [4.78, 5) is 11.4. The van der Waals surface area contributed by atoms with Crippen LogP contribution >= 0.6 is 27.3 Å². The number of nitrogens with two attached hydrogens (primary N) is 1. The zero-order chi connectivity index (χ0) is 12.4. The van der Waals surface area contributed by atoms with E-state index in [1.807, 2.05) is 17.5 Å². The predicted octanol–water partition coefficient (Wildman–Crippen LogP) is 3.47. The lowest BCUT2D eigenvalue weighted by atomic mass is 10.1. The number of nitro benzene ring substituents is 1. The summed E-state index contributed by atoms with van der Waals surface area (Å²) >= 11 is 4.69. The molecule has 0 fully saturated rings. The van der Waals surface area contributed by atoms with E-state index in [1.165, 1.54) is 17.4 Å². The molecule has 88 valence electrons. The molecule has 0 aliphatic rings. The zero-order valence-corrected chi connectivity index (χ0v) is 11.1. The smallest absolute Gasteiger partial charge is 0.283 e. The average Bonchev–Trinajstić information content (AvgIpc) is 2.81. The van der Waals surface area contributed by atoms with Gasteiger partial charge in [-0.05, 0) is 39.0 Å². The second-order valence-electron chi connectivity index (χ2n) is 3.46. The minimum atomic E-state index is -0.422. The molecule has 1 aromatic carbocycles. The van der Waals surface area contributed by atoms with Gasteiger partial charge < -0.3 is 5.73 Å². The standard InChI is InChI=1S/C11H9BrN2O2S/c12-8-4-3-7(6-9(8)14(15)16)11(13)10-2-1-5-17-10/h1-6,11H,13H2/t11-/m0/s1. The number of nitro groups is 1. The third kappa shape index (κ3) is 2.54. The average molecular weight is 313 g/mol. The van der Waals surface area contributed by atoms with Gasteiger partial charge in [0.25, 0.3) is 5.69 Å². The Labute approximate surface area is 110 Å². The second kappa shape index (κ2) is 4.95. The van der Waals surface area contributed by atoms with Crippen molar-refractivity contribution in [2.24, 2.45) is 5.73 Å². The summed E-state index contributed by atoms with van der Waals surface area (Å²) in [6.45, 7) is 0. The van der Waals surface area contributed by atoms with Crippen LogP contribution in [-0.4, -0.2) is 4.92 Å². The molecule has 17 heavy (non-hydrogen) atoms. The van der Waals surface area contributed by atoms with E-state index in [4.69, 9.17) is 5.73 Å². The molecule has 0 spiro atoms. The molecule has 0 aliphatic heterocycles. The molecule has 1 aromatic heterocycles. The van der Waals surface area contributed by atoms with Crippen molar-refractivity contribution in [1.82, 2.24) is 0 Å². The Morgan fingerprint density at radius 2 is 2.18 bits per heavy atom. The molecular weight excluding hydrogens is 304 g/mol. The first-order chi connectivity index (χ1) is 8.09. The second-order valence-corrected chi connectivity index (χ2v) is 5.29. The van der Waals surface area contributed by atoms with Crippen LogP contribution in [0.15, 0.2) is 40.2 Å². The highest BCUT2D eigenvalue weighted by molar-refractivity contribution is 9.10. The Bertz CT molecular complexity index is 542. The molecule has 0 saturated heterocycles. The fourth-order valence-electron chi connectivity index (χ4n) is 1.50. The van der Waals surface area contributed by atoms with E-state index in [9.17, 15) is 10.1 Å². The van der Waals surface area contributed by atoms with Crippen LogP contribution in [0.1, 0.15) is 16.5 Å². The number of nitrogens with zero attached hydrogens (tertiary/aromatic N) is 1. The predicted molar refractivity (Wildman–Crippen MR) is 71.1 cm³/mol. The molecule has 0 radical (unpaired) electrons. The number of thiophene rings is 1. The Kier molecular flexibility index (Phi) is 3.56. The van der Waals surface area contributed by atoms with Crippen LogP contribution in [-0.2, 0) is 0 Å². The minimum Gasteiger partial charge on any atom is -0.320 e. The maximum Gasteiger partial charge on any atom is 0.283 e. The quantitative estimate of drug-likeness (QED) is 0.697. The van der Waals surface area contributed by atoms with E-state index in [-0.39, 0.29) is 11.7 Å². The van der Waals surface area contributed by atoms with Gasteiger partial charge in [0, 0.05) is 10.9 Å². The lowest BCUT2D eigenvalue weighted by Crippen LogP contribution is -2.10. The Balaban J connectivity index is 2.40. The first-order valence-corrected chi connectivity index (χ1v) is 6.49. The van der Waals surface area contributed by atoms with Gasteiger partial charge in [0.1, 0.15) is 0 Å². The molecule has 0 bridgehead atoms. The summed E-state index contributed by atoms with van der Waals surface area (Å²) in [6.07, 6.45) is 0. The van der Waals surface area contributed by atoms with Crippen LogP contribution in [0.2, 0.25) is 0 Å². The summed E-state index contributed by atoms with van der Waals surface area (Å²) in [5, 5.41) is 12.8. The van der Waals surface area contributed by atoms with Crippen molar-refractivity contribution in [3.8, 4) is 0 Å². The SMILES string of the molecule is N[C@@H](c1ccc(Br)c([N+](=O)[O-])c1)c1cccs1. The van der Waals surface area contributed by atoms with Gasteiger partial charge in [-0.1, -0.05) is 12.1 Å². The van der Waals surface area contributed by atoms with Crippen LogP contribution in [0, 0.1) is 10.1 Å². The van der Waals surface area contributed by atoms with E-state index >= 15 is 0 Å². The summed E-state index contributed by atoms with van der Waals surface area (Å²) in [6, 6.07) is 8.47. The number of halogens is 1. The maximum absolute atomic E-state index is 10.8. The molecule has 0 saturated carbocycles. The van der Waals surface area contributed by atoms with Gasteiger partial charge in [-0.3, -0.25) is 10.1 Å². The van der Waals surface area contributed by atoms with Gasteiger partial charge in [-0.25, -0.2) is 0 Å². The maximum atomic E-state index is 10.8. The zero-order valence-electron chi connectivity index (χ0n) is 8.67. The van der Waals surface area contributed by atoms with Crippen molar-refractivity contribution in [2.75, 3.05) is 0 Å². The molecule has 0 aliphatic carbocycles. The molecule has 0 amide bonds. The van der Waals surface area contributed by atoms with Gasteiger partial charge in [-0.2, -0.15) is 0 Å². The largest absolute Gasteiger partial charge is 0.320 e. The molecule has 1 atom stereocenters. The minimum absolute atomic E-state index is 0.0366. The molecule has 0 unspecified atom stereocenters. The first kappa shape index (κ1) is 12.2. The normalized spacial score (nSPS) is 12.4. The third-order valence-electron chi connectivity index (χ3n) is 2.38. The fourth-order valence-corrected chi connectivity index (χ4v) is 2.64. The van der Waals surface area contributed by atoms with Crippen molar-refractivity contribution in [2.45, 2.75) is 6.04 Å². The van der Waals surface area contributed by atoms with Crippen LogP contribution in [0.25, 0.3) is 0 Å². The molecule has 6 heteroatoms. The summed E-state index contributed by atoms with van der Waals surface area (Å²) in [5.74, 6) is 0. The summed E-state index contributed by atoms with van der Waals surface area (Å²) in [7, 11) is 0. The van der Waals surface area contributed by atoms with Gasteiger partial charge in [0.05, 0.1) is 15.4 Å². The third-order valence-corrected chi connectivity index (χ3v) is 4.00. The highest BCUT2D eigenvalue weighted by atomic mass is 79.9. The highest BCUT2D eigenvalue weighted by Gasteiger charge is 2.17. The van der Waals surface area contributed by atoms with E-state index < -0.39 is 4.92 Å². The van der Waals surface area contributed by atoms with Crippen molar-refractivity contribution < 1.29 is 4.92 Å². The van der Waals surface area contributed by atoms with Crippen molar-refractivity contribution in [1.29, 1.82) is 0 Å². The number of hydrogen-bond donors (Lipinski definition) is 1. The van der Waals surface area contributed by atoms with Crippen LogP contribution in [0.4, 0.5) is 5.69 Å². The lowest BCUT2D eigenvalue weighted by molar-refractivity contribution is -0.385. The van der Waals surface area contributed by atoms with Gasteiger partial charge in [0.15, 0.2) is 0 Å². The fraction of sp³-hybridized carbons (Fsp3) is 0.0909. The van der Waals surface area contributed by atoms with Gasteiger partial charge in [0.2, 0.25) is 0 Å². The van der Waals surface area contributed by atoms with Crippen LogP contribution < -0.4 is 5.73 Å². The molecule has 2 N–H and O–H groups in total. The monoisotopic (exact) mass is 312 g/mol. The van der Waals surface area contributed by atoms with E-state index in [2.05, 4.69) is 15.9 Å².